The monoisotopic (exact) mass is 221 g/mol. The Balaban J connectivity index is 2.39. The van der Waals surface area contributed by atoms with Crippen LogP contribution in [0, 0.1) is 0 Å². The van der Waals surface area contributed by atoms with Crippen LogP contribution in [0.1, 0.15) is 18.9 Å². The van der Waals surface area contributed by atoms with E-state index in [4.69, 9.17) is 11.6 Å². The maximum atomic E-state index is 10.9. The molecule has 2 aromatic rings. The standard InChI is InChI=1S/C12H12ClNO/c1-8(15)2-3-9-6-11(13)7-10-4-5-14-12(9)10/h4-7,14H,2-3H2,1H3. The van der Waals surface area contributed by atoms with E-state index in [0.717, 1.165) is 27.9 Å². The van der Waals surface area contributed by atoms with Gasteiger partial charge in [-0.1, -0.05) is 11.6 Å². The first-order chi connectivity index (χ1) is 7.16. The molecule has 0 bridgehead atoms. The lowest BCUT2D eigenvalue weighted by molar-refractivity contribution is -0.116. The van der Waals surface area contributed by atoms with Gasteiger partial charge in [-0.2, -0.15) is 0 Å². The Hall–Kier alpha value is -1.28. The fourth-order valence-corrected chi connectivity index (χ4v) is 1.97. The molecule has 0 aliphatic rings. The molecule has 0 aliphatic carbocycles. The zero-order valence-electron chi connectivity index (χ0n) is 8.51. The second-order valence-electron chi connectivity index (χ2n) is 3.71. The normalized spacial score (nSPS) is 10.8. The average molecular weight is 222 g/mol. The van der Waals surface area contributed by atoms with Gasteiger partial charge in [0.05, 0.1) is 0 Å². The fourth-order valence-electron chi connectivity index (χ4n) is 1.72. The zero-order valence-corrected chi connectivity index (χ0v) is 9.27. The lowest BCUT2D eigenvalue weighted by Gasteiger charge is -2.03. The van der Waals surface area contributed by atoms with Crippen LogP contribution in [0.4, 0.5) is 0 Å². The Morgan fingerprint density at radius 1 is 1.47 bits per heavy atom. The Bertz CT molecular complexity index is 501. The van der Waals surface area contributed by atoms with Crippen LogP contribution in [0.15, 0.2) is 24.4 Å². The molecule has 3 heteroatoms. The maximum Gasteiger partial charge on any atom is 0.130 e. The number of hydrogen-bond acceptors (Lipinski definition) is 1. The van der Waals surface area contributed by atoms with E-state index in [2.05, 4.69) is 4.98 Å². The molecule has 0 spiro atoms. The van der Waals surface area contributed by atoms with Crippen molar-refractivity contribution in [3.05, 3.63) is 35.0 Å². The number of aryl methyl sites for hydroxylation is 1. The molecule has 1 heterocycles. The SMILES string of the molecule is CC(=O)CCc1cc(Cl)cc2cc[nH]c12. The van der Waals surface area contributed by atoms with Gasteiger partial charge in [0.1, 0.15) is 5.78 Å². The van der Waals surface area contributed by atoms with E-state index in [0.29, 0.717) is 6.42 Å². The van der Waals surface area contributed by atoms with Crippen LogP contribution in [0.2, 0.25) is 5.02 Å². The number of ketones is 1. The highest BCUT2D eigenvalue weighted by Gasteiger charge is 2.05. The summed E-state index contributed by atoms with van der Waals surface area (Å²) in [5, 5.41) is 1.82. The van der Waals surface area contributed by atoms with E-state index < -0.39 is 0 Å². The predicted molar refractivity (Wildman–Crippen MR) is 62.3 cm³/mol. The summed E-state index contributed by atoms with van der Waals surface area (Å²) in [6.45, 7) is 1.61. The van der Waals surface area contributed by atoms with Crippen molar-refractivity contribution in [3.8, 4) is 0 Å². The lowest BCUT2D eigenvalue weighted by Crippen LogP contribution is -1.94. The summed E-state index contributed by atoms with van der Waals surface area (Å²) in [4.78, 5) is 14.1. The van der Waals surface area contributed by atoms with E-state index in [9.17, 15) is 4.79 Å². The highest BCUT2D eigenvalue weighted by Crippen LogP contribution is 2.23. The van der Waals surface area contributed by atoms with Gasteiger partial charge in [0, 0.05) is 28.5 Å². The molecular formula is C12H12ClNO. The molecule has 78 valence electrons. The van der Waals surface area contributed by atoms with Crippen molar-refractivity contribution >= 4 is 28.3 Å². The van der Waals surface area contributed by atoms with Crippen LogP contribution < -0.4 is 0 Å². The van der Waals surface area contributed by atoms with Crippen LogP contribution in [0.3, 0.4) is 0 Å². The zero-order chi connectivity index (χ0) is 10.8. The Morgan fingerprint density at radius 3 is 3.00 bits per heavy atom. The van der Waals surface area contributed by atoms with Crippen molar-refractivity contribution in [2.75, 3.05) is 0 Å². The number of H-pyrrole nitrogens is 1. The van der Waals surface area contributed by atoms with E-state index in [1.165, 1.54) is 0 Å². The minimum atomic E-state index is 0.203. The smallest absolute Gasteiger partial charge is 0.130 e. The molecule has 2 rings (SSSR count). The molecule has 0 amide bonds. The molecule has 0 aliphatic heterocycles. The Kier molecular flexibility index (Phi) is 2.78. The van der Waals surface area contributed by atoms with Gasteiger partial charge >= 0.3 is 0 Å². The molecule has 0 fully saturated rings. The van der Waals surface area contributed by atoms with Gasteiger partial charge in [-0.15, -0.1) is 0 Å². The van der Waals surface area contributed by atoms with Gasteiger partial charge in [0.25, 0.3) is 0 Å². The molecule has 0 unspecified atom stereocenters. The third kappa shape index (κ3) is 2.21. The van der Waals surface area contributed by atoms with Gasteiger partial charge in [0.15, 0.2) is 0 Å². The molecule has 0 saturated heterocycles. The van der Waals surface area contributed by atoms with Crippen molar-refractivity contribution < 1.29 is 4.79 Å². The summed E-state index contributed by atoms with van der Waals surface area (Å²) in [6, 6.07) is 5.83. The highest BCUT2D eigenvalue weighted by atomic mass is 35.5. The number of hydrogen-bond donors (Lipinski definition) is 1. The molecule has 1 aromatic carbocycles. The Labute approximate surface area is 93.2 Å². The van der Waals surface area contributed by atoms with Crippen LogP contribution >= 0.6 is 11.6 Å². The number of aromatic amines is 1. The Morgan fingerprint density at radius 2 is 2.27 bits per heavy atom. The number of nitrogens with one attached hydrogen (secondary N) is 1. The lowest BCUT2D eigenvalue weighted by atomic mass is 10.1. The van der Waals surface area contributed by atoms with E-state index in [-0.39, 0.29) is 5.78 Å². The third-order valence-electron chi connectivity index (χ3n) is 2.45. The summed E-state index contributed by atoms with van der Waals surface area (Å²) in [6.07, 6.45) is 3.19. The molecule has 1 aromatic heterocycles. The van der Waals surface area contributed by atoms with Crippen molar-refractivity contribution in [2.24, 2.45) is 0 Å². The summed E-state index contributed by atoms with van der Waals surface area (Å²) in [5.74, 6) is 0.203. The maximum absolute atomic E-state index is 10.9. The van der Waals surface area contributed by atoms with Crippen molar-refractivity contribution in [1.82, 2.24) is 4.98 Å². The van der Waals surface area contributed by atoms with Crippen molar-refractivity contribution in [3.63, 3.8) is 0 Å². The molecule has 2 nitrogen and oxygen atoms in total. The van der Waals surface area contributed by atoms with Crippen molar-refractivity contribution in [2.45, 2.75) is 19.8 Å². The average Bonchev–Trinajstić information content (AvgIpc) is 2.61. The van der Waals surface area contributed by atoms with Gasteiger partial charge in [-0.3, -0.25) is 0 Å². The van der Waals surface area contributed by atoms with Crippen LogP contribution in [0.5, 0.6) is 0 Å². The van der Waals surface area contributed by atoms with Gasteiger partial charge in [-0.05, 0) is 37.1 Å². The van der Waals surface area contributed by atoms with Crippen molar-refractivity contribution in [1.29, 1.82) is 0 Å². The first kappa shape index (κ1) is 10.2. The number of Topliss-reactive ketones (excluding diaryl/α,β-unsaturated/α-hetero) is 1. The first-order valence-electron chi connectivity index (χ1n) is 4.92. The third-order valence-corrected chi connectivity index (χ3v) is 2.67. The number of aromatic nitrogens is 1. The summed E-state index contributed by atoms with van der Waals surface area (Å²) < 4.78 is 0. The summed E-state index contributed by atoms with van der Waals surface area (Å²) in [5.41, 5.74) is 2.19. The first-order valence-corrected chi connectivity index (χ1v) is 5.29. The number of carbonyl (C=O) groups is 1. The van der Waals surface area contributed by atoms with Gasteiger partial charge in [0.2, 0.25) is 0 Å². The van der Waals surface area contributed by atoms with Crippen LogP contribution in [0.25, 0.3) is 10.9 Å². The largest absolute Gasteiger partial charge is 0.361 e. The second-order valence-corrected chi connectivity index (χ2v) is 4.15. The van der Waals surface area contributed by atoms with E-state index >= 15 is 0 Å². The van der Waals surface area contributed by atoms with Gasteiger partial charge in [-0.25, -0.2) is 0 Å². The minimum Gasteiger partial charge on any atom is -0.361 e. The van der Waals surface area contributed by atoms with Crippen LogP contribution in [-0.2, 0) is 11.2 Å². The fraction of sp³-hybridized carbons (Fsp3) is 0.250. The summed E-state index contributed by atoms with van der Waals surface area (Å²) >= 11 is 6.00. The van der Waals surface area contributed by atoms with Crippen LogP contribution in [-0.4, -0.2) is 10.8 Å². The number of fused-ring (bicyclic) bond motifs is 1. The van der Waals surface area contributed by atoms with Gasteiger partial charge < -0.3 is 9.78 Å². The molecule has 0 atom stereocenters. The number of carbonyl (C=O) groups excluding carboxylic acids is 1. The molecular weight excluding hydrogens is 210 g/mol. The second kappa shape index (κ2) is 4.07. The molecule has 0 saturated carbocycles. The minimum absolute atomic E-state index is 0.203. The number of benzene rings is 1. The molecule has 0 radical (unpaired) electrons. The van der Waals surface area contributed by atoms with E-state index in [1.54, 1.807) is 6.92 Å². The number of halogens is 1. The molecule has 1 N–H and O–H groups in total. The predicted octanol–water partition coefficient (Wildman–Crippen LogP) is 3.34. The molecule has 15 heavy (non-hydrogen) atoms. The highest BCUT2D eigenvalue weighted by molar-refractivity contribution is 6.31. The number of rotatable bonds is 3. The quantitative estimate of drug-likeness (QED) is 0.847. The van der Waals surface area contributed by atoms with E-state index in [1.807, 2.05) is 24.4 Å². The summed E-state index contributed by atoms with van der Waals surface area (Å²) in [7, 11) is 0. The topological polar surface area (TPSA) is 32.9 Å².